The summed E-state index contributed by atoms with van der Waals surface area (Å²) in [6, 6.07) is 8.97. The Morgan fingerprint density at radius 1 is 1.35 bits per heavy atom. The predicted molar refractivity (Wildman–Crippen MR) is 71.9 cm³/mol. The van der Waals surface area contributed by atoms with E-state index < -0.39 is 5.97 Å². The van der Waals surface area contributed by atoms with Crippen molar-refractivity contribution in [3.8, 4) is 17.1 Å². The Balaban J connectivity index is 2.23. The number of carboxylic acid groups (broad SMARTS) is 1. The van der Waals surface area contributed by atoms with Gasteiger partial charge < -0.3 is 9.84 Å². The number of rotatable bonds is 3. The third kappa shape index (κ3) is 1.87. The Hall–Kier alpha value is -2.89. The molecular weight excluding hydrogens is 258 g/mol. The first-order valence-electron chi connectivity index (χ1n) is 5.91. The van der Waals surface area contributed by atoms with Crippen LogP contribution in [0.1, 0.15) is 10.4 Å². The van der Waals surface area contributed by atoms with Crippen LogP contribution in [0.15, 0.2) is 42.7 Å². The van der Waals surface area contributed by atoms with Gasteiger partial charge in [0.15, 0.2) is 0 Å². The average molecular weight is 269 g/mol. The van der Waals surface area contributed by atoms with Gasteiger partial charge in [-0.15, -0.1) is 0 Å². The van der Waals surface area contributed by atoms with Crippen molar-refractivity contribution in [1.82, 2.24) is 14.6 Å². The summed E-state index contributed by atoms with van der Waals surface area (Å²) in [5, 5.41) is 13.3. The van der Waals surface area contributed by atoms with Gasteiger partial charge in [-0.25, -0.2) is 14.3 Å². The van der Waals surface area contributed by atoms with Gasteiger partial charge >= 0.3 is 5.97 Å². The number of aromatic nitrogens is 3. The smallest absolute Gasteiger partial charge is 0.339 e. The van der Waals surface area contributed by atoms with E-state index in [0.717, 1.165) is 11.3 Å². The highest BCUT2D eigenvalue weighted by Gasteiger charge is 2.13. The minimum atomic E-state index is -0.996. The van der Waals surface area contributed by atoms with E-state index in [1.165, 1.54) is 6.20 Å². The van der Waals surface area contributed by atoms with E-state index in [-0.39, 0.29) is 5.56 Å². The van der Waals surface area contributed by atoms with Gasteiger partial charge in [-0.2, -0.15) is 5.10 Å². The summed E-state index contributed by atoms with van der Waals surface area (Å²) in [7, 11) is 1.54. The summed E-state index contributed by atoms with van der Waals surface area (Å²) in [4.78, 5) is 15.2. The highest BCUT2D eigenvalue weighted by Crippen LogP contribution is 2.24. The second-order valence-corrected chi connectivity index (χ2v) is 4.16. The maximum atomic E-state index is 11.1. The lowest BCUT2D eigenvalue weighted by Crippen LogP contribution is -1.97. The van der Waals surface area contributed by atoms with Crippen molar-refractivity contribution < 1.29 is 14.6 Å². The number of carbonyl (C=O) groups is 1. The molecule has 0 atom stereocenters. The van der Waals surface area contributed by atoms with Gasteiger partial charge in [0.25, 0.3) is 0 Å². The zero-order chi connectivity index (χ0) is 14.1. The van der Waals surface area contributed by atoms with Gasteiger partial charge in [-0.05, 0) is 18.2 Å². The minimum Gasteiger partial charge on any atom is -0.481 e. The molecule has 3 rings (SSSR count). The number of carboxylic acids is 1. The molecule has 3 heterocycles. The molecule has 0 spiro atoms. The van der Waals surface area contributed by atoms with Crippen molar-refractivity contribution in [2.24, 2.45) is 0 Å². The van der Waals surface area contributed by atoms with Crippen LogP contribution in [0.2, 0.25) is 0 Å². The SMILES string of the molecule is COc1cc(-c2cccc3c(C(=O)O)cnn23)ccn1. The van der Waals surface area contributed by atoms with Crippen LogP contribution in [-0.4, -0.2) is 32.8 Å². The van der Waals surface area contributed by atoms with Crippen molar-refractivity contribution in [3.63, 3.8) is 0 Å². The summed E-state index contributed by atoms with van der Waals surface area (Å²) >= 11 is 0. The second-order valence-electron chi connectivity index (χ2n) is 4.16. The van der Waals surface area contributed by atoms with Crippen molar-refractivity contribution in [2.45, 2.75) is 0 Å². The number of nitrogens with zero attached hydrogens (tertiary/aromatic N) is 3. The zero-order valence-electron chi connectivity index (χ0n) is 10.6. The van der Waals surface area contributed by atoms with Crippen LogP contribution >= 0.6 is 0 Å². The average Bonchev–Trinajstić information content (AvgIpc) is 2.91. The molecule has 20 heavy (non-hydrogen) atoms. The third-order valence-electron chi connectivity index (χ3n) is 3.01. The van der Waals surface area contributed by atoms with E-state index >= 15 is 0 Å². The van der Waals surface area contributed by atoms with E-state index in [2.05, 4.69) is 10.1 Å². The monoisotopic (exact) mass is 269 g/mol. The topological polar surface area (TPSA) is 76.7 Å². The molecule has 0 aliphatic rings. The quantitative estimate of drug-likeness (QED) is 0.788. The standard InChI is InChI=1S/C14H11N3O3/c1-20-13-7-9(5-6-15-13)11-3-2-4-12-10(14(18)19)8-16-17(11)12/h2-8H,1H3,(H,18,19). The first-order chi connectivity index (χ1) is 9.70. The van der Waals surface area contributed by atoms with Crippen molar-refractivity contribution in [2.75, 3.05) is 7.11 Å². The van der Waals surface area contributed by atoms with E-state index in [0.29, 0.717) is 11.4 Å². The number of fused-ring (bicyclic) bond motifs is 1. The number of ether oxygens (including phenoxy) is 1. The molecule has 0 fully saturated rings. The Kier molecular flexibility index (Phi) is 2.83. The minimum absolute atomic E-state index is 0.174. The van der Waals surface area contributed by atoms with Crippen molar-refractivity contribution >= 4 is 11.5 Å². The van der Waals surface area contributed by atoms with E-state index in [9.17, 15) is 4.79 Å². The Morgan fingerprint density at radius 2 is 2.20 bits per heavy atom. The van der Waals surface area contributed by atoms with E-state index in [1.807, 2.05) is 12.1 Å². The highest BCUT2D eigenvalue weighted by atomic mass is 16.5. The van der Waals surface area contributed by atoms with Crippen molar-refractivity contribution in [1.29, 1.82) is 0 Å². The van der Waals surface area contributed by atoms with Gasteiger partial charge in [0.1, 0.15) is 5.56 Å². The van der Waals surface area contributed by atoms with Crippen molar-refractivity contribution in [3.05, 3.63) is 48.3 Å². The lowest BCUT2D eigenvalue weighted by atomic mass is 10.1. The largest absolute Gasteiger partial charge is 0.481 e. The molecule has 0 unspecified atom stereocenters. The van der Waals surface area contributed by atoms with Crippen LogP contribution in [0.25, 0.3) is 16.8 Å². The molecule has 0 saturated heterocycles. The molecule has 0 saturated carbocycles. The van der Waals surface area contributed by atoms with Crippen LogP contribution in [0, 0.1) is 0 Å². The van der Waals surface area contributed by atoms with Crippen LogP contribution in [0.3, 0.4) is 0 Å². The molecule has 6 nitrogen and oxygen atoms in total. The van der Waals surface area contributed by atoms with Crippen LogP contribution in [0.5, 0.6) is 5.88 Å². The van der Waals surface area contributed by atoms with Gasteiger partial charge in [-0.3, -0.25) is 0 Å². The molecule has 0 aliphatic heterocycles. The number of methoxy groups -OCH3 is 1. The Morgan fingerprint density at radius 3 is 2.95 bits per heavy atom. The Bertz CT molecular complexity index is 795. The number of hydrogen-bond donors (Lipinski definition) is 1. The molecule has 0 aliphatic carbocycles. The first kappa shape index (κ1) is 12.2. The fraction of sp³-hybridized carbons (Fsp3) is 0.0714. The van der Waals surface area contributed by atoms with Crippen LogP contribution in [0.4, 0.5) is 0 Å². The molecule has 0 bridgehead atoms. The molecule has 0 amide bonds. The normalized spacial score (nSPS) is 10.7. The molecule has 3 aromatic heterocycles. The predicted octanol–water partition coefficient (Wildman–Crippen LogP) is 2.10. The lowest BCUT2D eigenvalue weighted by Gasteiger charge is -2.06. The number of aromatic carboxylic acids is 1. The molecular formula is C14H11N3O3. The Labute approximate surface area is 114 Å². The van der Waals surface area contributed by atoms with Crippen LogP contribution < -0.4 is 4.74 Å². The van der Waals surface area contributed by atoms with Gasteiger partial charge in [0.2, 0.25) is 5.88 Å². The zero-order valence-corrected chi connectivity index (χ0v) is 10.6. The van der Waals surface area contributed by atoms with E-state index in [1.54, 1.807) is 36.0 Å². The first-order valence-corrected chi connectivity index (χ1v) is 5.91. The van der Waals surface area contributed by atoms with Crippen LogP contribution in [-0.2, 0) is 0 Å². The van der Waals surface area contributed by atoms with E-state index in [4.69, 9.17) is 9.84 Å². The molecule has 3 aromatic rings. The second kappa shape index (κ2) is 4.65. The summed E-state index contributed by atoms with van der Waals surface area (Å²) in [5.74, 6) is -0.505. The number of pyridine rings is 2. The molecule has 100 valence electrons. The molecule has 1 N–H and O–H groups in total. The fourth-order valence-electron chi connectivity index (χ4n) is 2.07. The summed E-state index contributed by atoms with van der Waals surface area (Å²) in [6.45, 7) is 0. The summed E-state index contributed by atoms with van der Waals surface area (Å²) < 4.78 is 6.69. The van der Waals surface area contributed by atoms with Gasteiger partial charge in [0, 0.05) is 17.8 Å². The van der Waals surface area contributed by atoms with Gasteiger partial charge in [0.05, 0.1) is 24.5 Å². The highest BCUT2D eigenvalue weighted by molar-refractivity contribution is 5.95. The molecule has 0 aromatic carbocycles. The van der Waals surface area contributed by atoms with Gasteiger partial charge in [-0.1, -0.05) is 6.07 Å². The third-order valence-corrected chi connectivity index (χ3v) is 3.01. The maximum Gasteiger partial charge on any atom is 0.339 e. The summed E-state index contributed by atoms with van der Waals surface area (Å²) in [6.07, 6.45) is 2.98. The number of hydrogen-bond acceptors (Lipinski definition) is 4. The molecule has 0 radical (unpaired) electrons. The summed E-state index contributed by atoms with van der Waals surface area (Å²) in [5.41, 5.74) is 2.34. The lowest BCUT2D eigenvalue weighted by molar-refractivity contribution is 0.0699. The fourth-order valence-corrected chi connectivity index (χ4v) is 2.07. The molecule has 6 heteroatoms. The maximum absolute atomic E-state index is 11.1.